The van der Waals surface area contributed by atoms with Gasteiger partial charge in [0.25, 0.3) is 20.2 Å². The van der Waals surface area contributed by atoms with E-state index in [1.54, 1.807) is 24.3 Å². The van der Waals surface area contributed by atoms with Crippen LogP contribution in [-0.4, -0.2) is 30.0 Å². The zero-order valence-electron chi connectivity index (χ0n) is 17.6. The van der Waals surface area contributed by atoms with Gasteiger partial charge < -0.3 is 0 Å². The lowest BCUT2D eigenvalue weighted by atomic mass is 9.93. The molecule has 0 aliphatic heterocycles. The number of hydrogen-bond donors (Lipinski definition) is 0. The number of aryl methyl sites for hydroxylation is 2. The minimum absolute atomic E-state index is 0.0688. The van der Waals surface area contributed by atoms with Crippen molar-refractivity contribution in [3.8, 4) is 0 Å². The van der Waals surface area contributed by atoms with Gasteiger partial charge >= 0.3 is 0 Å². The van der Waals surface area contributed by atoms with Gasteiger partial charge in [0, 0.05) is 0 Å². The molecule has 2 bridgehead atoms. The predicted octanol–water partition coefficient (Wildman–Crippen LogP) is 4.14. The highest BCUT2D eigenvalue weighted by Crippen LogP contribution is 2.49. The maximum Gasteiger partial charge on any atom is 0.297 e. The minimum atomic E-state index is -3.89. The van der Waals surface area contributed by atoms with Crippen molar-refractivity contribution in [3.05, 3.63) is 70.8 Å². The topological polar surface area (TPSA) is 86.7 Å². The van der Waals surface area contributed by atoms with Gasteiger partial charge in [0.1, 0.15) is 0 Å². The Balaban J connectivity index is 1.49. The van der Waals surface area contributed by atoms with Crippen LogP contribution in [0.2, 0.25) is 0 Å². The molecule has 166 valence electrons. The second-order valence-corrected chi connectivity index (χ2v) is 11.5. The summed E-state index contributed by atoms with van der Waals surface area (Å²) in [5.41, 5.74) is 3.66. The van der Waals surface area contributed by atoms with Crippen molar-refractivity contribution >= 4 is 20.2 Å². The third-order valence-electron chi connectivity index (χ3n) is 6.19. The van der Waals surface area contributed by atoms with Gasteiger partial charge in [-0.25, -0.2) is 0 Å². The van der Waals surface area contributed by atoms with Crippen LogP contribution in [0.5, 0.6) is 0 Å². The Hall–Kier alpha value is -2.00. The fraction of sp³-hybridized carbons (Fsp3) is 0.391. The third kappa shape index (κ3) is 4.77. The van der Waals surface area contributed by atoms with Crippen LogP contribution in [0.15, 0.2) is 69.5 Å². The standard InChI is InChI=1S/C23H26O6S2/c1-16-3-9-20(10-4-16)30(24,25)28-14-22-18-7-8-19(13-18)23(22)15-29-31(26,27)21-11-5-17(2)6-12-21/h3-6,9-12,18-19H,7-8,13-15H2,1-2H3. The molecule has 0 amide bonds. The normalized spacial score (nSPS) is 21.1. The molecule has 0 heterocycles. The van der Waals surface area contributed by atoms with Crippen molar-refractivity contribution in [3.63, 3.8) is 0 Å². The summed E-state index contributed by atoms with van der Waals surface area (Å²) in [6, 6.07) is 13.0. The molecule has 2 aromatic carbocycles. The second kappa shape index (κ2) is 8.50. The van der Waals surface area contributed by atoms with Gasteiger partial charge in [-0.05, 0) is 80.4 Å². The van der Waals surface area contributed by atoms with Crippen molar-refractivity contribution in [2.45, 2.75) is 42.9 Å². The Labute approximate surface area is 184 Å². The molecule has 0 saturated heterocycles. The summed E-state index contributed by atoms with van der Waals surface area (Å²) in [4.78, 5) is 0.225. The Bertz CT molecular complexity index is 1100. The molecule has 0 spiro atoms. The lowest BCUT2D eigenvalue weighted by Gasteiger charge is -2.20. The molecule has 2 aliphatic carbocycles. The summed E-state index contributed by atoms with van der Waals surface area (Å²) in [7, 11) is -7.78. The molecular formula is C23H26O6S2. The van der Waals surface area contributed by atoms with Crippen molar-refractivity contribution in [2.24, 2.45) is 11.8 Å². The van der Waals surface area contributed by atoms with Crippen LogP contribution in [0.3, 0.4) is 0 Å². The fourth-order valence-electron chi connectivity index (χ4n) is 4.39. The van der Waals surface area contributed by atoms with Gasteiger partial charge in [-0.2, -0.15) is 16.8 Å². The van der Waals surface area contributed by atoms with E-state index >= 15 is 0 Å². The molecule has 1 saturated carbocycles. The number of hydrogen-bond acceptors (Lipinski definition) is 6. The lowest BCUT2D eigenvalue weighted by Crippen LogP contribution is -2.17. The molecule has 31 heavy (non-hydrogen) atoms. The summed E-state index contributed by atoms with van der Waals surface area (Å²) in [6.07, 6.45) is 2.82. The minimum Gasteiger partial charge on any atom is -0.262 e. The van der Waals surface area contributed by atoms with Gasteiger partial charge in [-0.3, -0.25) is 8.37 Å². The van der Waals surface area contributed by atoms with Gasteiger partial charge in [0.15, 0.2) is 0 Å². The maximum atomic E-state index is 12.6. The van der Waals surface area contributed by atoms with Gasteiger partial charge in [-0.15, -0.1) is 0 Å². The van der Waals surface area contributed by atoms with Gasteiger partial charge in [0.05, 0.1) is 23.0 Å². The highest BCUT2D eigenvalue weighted by Gasteiger charge is 2.40. The van der Waals surface area contributed by atoms with Crippen LogP contribution >= 0.6 is 0 Å². The van der Waals surface area contributed by atoms with Gasteiger partial charge in [0.2, 0.25) is 0 Å². The summed E-state index contributed by atoms with van der Waals surface area (Å²) in [5.74, 6) is 0.442. The SMILES string of the molecule is Cc1ccc(S(=O)(=O)OCC2=C(COS(=O)(=O)c3ccc(C)cc3)C3CCC2C3)cc1. The smallest absolute Gasteiger partial charge is 0.262 e. The predicted molar refractivity (Wildman–Crippen MR) is 116 cm³/mol. The molecule has 6 nitrogen and oxygen atoms in total. The molecule has 8 heteroatoms. The zero-order chi connectivity index (χ0) is 22.2. The molecule has 2 unspecified atom stereocenters. The van der Waals surface area contributed by atoms with E-state index in [0.717, 1.165) is 41.5 Å². The molecule has 1 fully saturated rings. The van der Waals surface area contributed by atoms with Crippen molar-refractivity contribution in [1.82, 2.24) is 0 Å². The summed E-state index contributed by atoms with van der Waals surface area (Å²) in [5, 5.41) is 0. The second-order valence-electron chi connectivity index (χ2n) is 8.32. The van der Waals surface area contributed by atoms with E-state index in [9.17, 15) is 16.8 Å². The lowest BCUT2D eigenvalue weighted by molar-refractivity contribution is 0.316. The fourth-order valence-corrected chi connectivity index (χ4v) is 6.16. The summed E-state index contributed by atoms with van der Waals surface area (Å²) < 4.78 is 61.0. The first kappa shape index (κ1) is 22.2. The van der Waals surface area contributed by atoms with Crippen molar-refractivity contribution < 1.29 is 25.2 Å². The van der Waals surface area contributed by atoms with E-state index in [1.807, 2.05) is 13.8 Å². The van der Waals surface area contributed by atoms with Crippen LogP contribution in [0.4, 0.5) is 0 Å². The molecule has 2 aromatic rings. The van der Waals surface area contributed by atoms with Crippen LogP contribution < -0.4 is 0 Å². The molecule has 0 radical (unpaired) electrons. The quantitative estimate of drug-likeness (QED) is 0.433. The maximum absolute atomic E-state index is 12.6. The van der Waals surface area contributed by atoms with E-state index in [4.69, 9.17) is 8.37 Å². The summed E-state index contributed by atoms with van der Waals surface area (Å²) >= 11 is 0. The van der Waals surface area contributed by atoms with Crippen LogP contribution in [-0.2, 0) is 28.6 Å². The highest BCUT2D eigenvalue weighted by molar-refractivity contribution is 7.87. The average molecular weight is 463 g/mol. The summed E-state index contributed by atoms with van der Waals surface area (Å²) in [6.45, 7) is 3.63. The van der Waals surface area contributed by atoms with Crippen molar-refractivity contribution in [2.75, 3.05) is 13.2 Å². The van der Waals surface area contributed by atoms with E-state index in [2.05, 4.69) is 0 Å². The Morgan fingerprint density at radius 1 is 0.677 bits per heavy atom. The molecule has 2 aliphatic rings. The molecule has 0 N–H and O–H groups in total. The van der Waals surface area contributed by atoms with Crippen LogP contribution in [0, 0.1) is 25.7 Å². The van der Waals surface area contributed by atoms with E-state index in [-0.39, 0.29) is 34.8 Å². The third-order valence-corrected chi connectivity index (χ3v) is 8.74. The monoisotopic (exact) mass is 462 g/mol. The van der Waals surface area contributed by atoms with E-state index < -0.39 is 20.2 Å². The van der Waals surface area contributed by atoms with Crippen LogP contribution in [0.1, 0.15) is 30.4 Å². The first-order valence-electron chi connectivity index (χ1n) is 10.3. The zero-order valence-corrected chi connectivity index (χ0v) is 19.2. The number of rotatable bonds is 8. The van der Waals surface area contributed by atoms with Crippen molar-refractivity contribution in [1.29, 1.82) is 0 Å². The molecular weight excluding hydrogens is 436 g/mol. The highest BCUT2D eigenvalue weighted by atomic mass is 32.2. The molecule has 2 atom stereocenters. The average Bonchev–Trinajstić information content (AvgIpc) is 3.33. The Kier molecular flexibility index (Phi) is 6.09. The van der Waals surface area contributed by atoms with Gasteiger partial charge in [-0.1, -0.05) is 35.4 Å². The van der Waals surface area contributed by atoms with Crippen LogP contribution in [0.25, 0.3) is 0 Å². The first-order valence-corrected chi connectivity index (χ1v) is 13.1. The number of benzene rings is 2. The Morgan fingerprint density at radius 3 is 1.39 bits per heavy atom. The molecule has 0 aromatic heterocycles. The number of fused-ring (bicyclic) bond motifs is 2. The first-order chi connectivity index (χ1) is 14.7. The largest absolute Gasteiger partial charge is 0.297 e. The van der Waals surface area contributed by atoms with E-state index in [1.165, 1.54) is 24.3 Å². The molecule has 4 rings (SSSR count). The Morgan fingerprint density at radius 2 is 1.03 bits per heavy atom. The van der Waals surface area contributed by atoms with E-state index in [0.29, 0.717) is 0 Å².